The second-order valence-electron chi connectivity index (χ2n) is 4.01. The lowest BCUT2D eigenvalue weighted by atomic mass is 10.2. The molecule has 20 heavy (non-hydrogen) atoms. The summed E-state index contributed by atoms with van der Waals surface area (Å²) in [5, 5.41) is 6.15. The first kappa shape index (κ1) is 14.4. The van der Waals surface area contributed by atoms with Crippen molar-refractivity contribution >= 4 is 23.2 Å². The highest BCUT2D eigenvalue weighted by molar-refractivity contribution is 6.30. The van der Waals surface area contributed by atoms with Crippen LogP contribution in [0.5, 0.6) is 0 Å². The van der Waals surface area contributed by atoms with Gasteiger partial charge in [-0.05, 0) is 17.7 Å². The average molecular weight is 304 g/mol. The van der Waals surface area contributed by atoms with Gasteiger partial charge < -0.3 is 5.32 Å². The minimum Gasteiger partial charge on any atom is -0.316 e. The third-order valence-electron chi connectivity index (χ3n) is 2.38. The quantitative estimate of drug-likeness (QED) is 0.947. The maximum Gasteiger partial charge on any atom is 0.471 e. The molecule has 0 aliphatic rings. The molecule has 0 radical (unpaired) electrons. The Hall–Kier alpha value is -2.02. The number of rotatable bonds is 3. The first-order valence-corrected chi connectivity index (χ1v) is 5.87. The van der Waals surface area contributed by atoms with E-state index in [-0.39, 0.29) is 5.69 Å². The average Bonchev–Trinajstić information content (AvgIpc) is 2.75. The lowest BCUT2D eigenvalue weighted by Crippen LogP contribution is -2.29. The van der Waals surface area contributed by atoms with Crippen LogP contribution in [0.4, 0.5) is 18.9 Å². The van der Waals surface area contributed by atoms with E-state index in [1.165, 1.54) is 10.9 Å². The van der Waals surface area contributed by atoms with E-state index in [1.807, 2.05) is 6.07 Å². The summed E-state index contributed by atoms with van der Waals surface area (Å²) < 4.78 is 37.6. The van der Waals surface area contributed by atoms with Crippen molar-refractivity contribution in [1.29, 1.82) is 0 Å². The molecule has 0 unspecified atom stereocenters. The predicted molar refractivity (Wildman–Crippen MR) is 67.5 cm³/mol. The maximum absolute atomic E-state index is 12.1. The van der Waals surface area contributed by atoms with Gasteiger partial charge in [-0.15, -0.1) is 0 Å². The zero-order valence-corrected chi connectivity index (χ0v) is 10.7. The molecule has 1 heterocycles. The van der Waals surface area contributed by atoms with E-state index >= 15 is 0 Å². The van der Waals surface area contributed by atoms with E-state index in [2.05, 4.69) is 5.10 Å². The molecule has 0 spiro atoms. The summed E-state index contributed by atoms with van der Waals surface area (Å²) in [5.74, 6) is -2.03. The lowest BCUT2D eigenvalue weighted by molar-refractivity contribution is -0.167. The number of nitrogens with zero attached hydrogens (tertiary/aromatic N) is 2. The first-order valence-electron chi connectivity index (χ1n) is 5.49. The molecule has 2 aromatic rings. The second-order valence-corrected chi connectivity index (χ2v) is 4.44. The van der Waals surface area contributed by atoms with Crippen molar-refractivity contribution in [2.45, 2.75) is 12.7 Å². The number of halogens is 4. The number of hydrogen-bond donors (Lipinski definition) is 1. The van der Waals surface area contributed by atoms with Crippen LogP contribution in [-0.2, 0) is 11.3 Å². The number of anilines is 1. The van der Waals surface area contributed by atoms with Crippen molar-refractivity contribution in [3.63, 3.8) is 0 Å². The van der Waals surface area contributed by atoms with Gasteiger partial charge in [-0.1, -0.05) is 23.7 Å². The van der Waals surface area contributed by atoms with Gasteiger partial charge in [0, 0.05) is 11.2 Å². The van der Waals surface area contributed by atoms with Gasteiger partial charge in [-0.3, -0.25) is 9.48 Å². The highest BCUT2D eigenvalue weighted by Crippen LogP contribution is 2.18. The van der Waals surface area contributed by atoms with Crippen LogP contribution in [-0.4, -0.2) is 21.9 Å². The molecule has 0 saturated carbocycles. The molecule has 1 aromatic carbocycles. The van der Waals surface area contributed by atoms with Crippen LogP contribution in [0.2, 0.25) is 5.02 Å². The largest absolute Gasteiger partial charge is 0.471 e. The topological polar surface area (TPSA) is 46.9 Å². The number of aromatic nitrogens is 2. The summed E-state index contributed by atoms with van der Waals surface area (Å²) in [7, 11) is 0. The molecule has 0 atom stereocenters. The fourth-order valence-electron chi connectivity index (χ4n) is 1.54. The van der Waals surface area contributed by atoms with Crippen molar-refractivity contribution < 1.29 is 18.0 Å². The van der Waals surface area contributed by atoms with E-state index in [9.17, 15) is 18.0 Å². The number of nitrogens with one attached hydrogen (secondary N) is 1. The Morgan fingerprint density at radius 1 is 1.40 bits per heavy atom. The molecule has 0 saturated heterocycles. The Balaban J connectivity index is 2.04. The van der Waals surface area contributed by atoms with Crippen LogP contribution in [0.25, 0.3) is 0 Å². The molecule has 0 aliphatic heterocycles. The molecule has 106 valence electrons. The molecule has 0 fully saturated rings. The van der Waals surface area contributed by atoms with Gasteiger partial charge in [0.25, 0.3) is 0 Å². The first-order chi connectivity index (χ1) is 9.34. The molecular weight excluding hydrogens is 295 g/mol. The number of alkyl halides is 3. The number of amides is 1. The van der Waals surface area contributed by atoms with Crippen LogP contribution in [0.3, 0.4) is 0 Å². The third-order valence-corrected chi connectivity index (χ3v) is 2.62. The molecular formula is C12H9ClF3N3O. The van der Waals surface area contributed by atoms with Crippen molar-refractivity contribution in [1.82, 2.24) is 9.78 Å². The van der Waals surface area contributed by atoms with Crippen LogP contribution in [0.1, 0.15) is 5.56 Å². The highest BCUT2D eigenvalue weighted by atomic mass is 35.5. The smallest absolute Gasteiger partial charge is 0.316 e. The van der Waals surface area contributed by atoms with Gasteiger partial charge in [-0.2, -0.15) is 18.3 Å². The molecule has 8 heteroatoms. The van der Waals surface area contributed by atoms with Crippen molar-refractivity contribution in [3.05, 3.63) is 47.2 Å². The van der Waals surface area contributed by atoms with Crippen molar-refractivity contribution in [2.24, 2.45) is 0 Å². The summed E-state index contributed by atoms with van der Waals surface area (Å²) in [6, 6.07) is 7.00. The van der Waals surface area contributed by atoms with Crippen LogP contribution in [0.15, 0.2) is 36.7 Å². The molecule has 1 aromatic heterocycles. The highest BCUT2D eigenvalue weighted by Gasteiger charge is 2.38. The molecule has 0 aliphatic carbocycles. The molecule has 1 N–H and O–H groups in total. The minimum absolute atomic E-state index is 0.0191. The Morgan fingerprint density at radius 3 is 2.80 bits per heavy atom. The number of hydrogen-bond acceptors (Lipinski definition) is 2. The fraction of sp³-hybridized carbons (Fsp3) is 0.167. The summed E-state index contributed by atoms with van der Waals surface area (Å²) in [6.45, 7) is 0.336. The molecule has 0 bridgehead atoms. The maximum atomic E-state index is 12.1. The molecule has 2 rings (SSSR count). The van der Waals surface area contributed by atoms with Crippen LogP contribution in [0, 0.1) is 0 Å². The van der Waals surface area contributed by atoms with Crippen molar-refractivity contribution in [2.75, 3.05) is 5.32 Å². The van der Waals surface area contributed by atoms with E-state index in [0.717, 1.165) is 11.8 Å². The summed E-state index contributed by atoms with van der Waals surface area (Å²) >= 11 is 5.82. The van der Waals surface area contributed by atoms with Crippen LogP contribution < -0.4 is 5.32 Å². The number of benzene rings is 1. The lowest BCUT2D eigenvalue weighted by Gasteiger charge is -2.05. The normalized spacial score (nSPS) is 11.4. The summed E-state index contributed by atoms with van der Waals surface area (Å²) in [4.78, 5) is 10.8. The Bertz CT molecular complexity index is 624. The van der Waals surface area contributed by atoms with Gasteiger partial charge in [-0.25, -0.2) is 0 Å². The minimum atomic E-state index is -4.92. The molecule has 4 nitrogen and oxygen atoms in total. The zero-order chi connectivity index (χ0) is 14.8. The number of carbonyl (C=O) groups excluding carboxylic acids is 1. The van der Waals surface area contributed by atoms with E-state index in [1.54, 1.807) is 23.5 Å². The van der Waals surface area contributed by atoms with Gasteiger partial charge >= 0.3 is 12.1 Å². The standard InChI is InChI=1S/C12H9ClF3N3O/c13-9-3-1-2-8(4-9)6-19-7-10(5-17-19)18-11(20)12(14,15)16/h1-5,7H,6H2,(H,18,20). The van der Waals surface area contributed by atoms with Gasteiger partial charge in [0.2, 0.25) is 0 Å². The third kappa shape index (κ3) is 3.74. The Labute approximate surface area is 117 Å². The summed E-state index contributed by atoms with van der Waals surface area (Å²) in [6.07, 6.45) is -2.46. The van der Waals surface area contributed by atoms with E-state index in [4.69, 9.17) is 11.6 Å². The van der Waals surface area contributed by atoms with Crippen LogP contribution >= 0.6 is 11.6 Å². The van der Waals surface area contributed by atoms with Crippen molar-refractivity contribution in [3.8, 4) is 0 Å². The predicted octanol–water partition coefficient (Wildman–Crippen LogP) is 3.09. The Kier molecular flexibility index (Phi) is 3.99. The monoisotopic (exact) mass is 303 g/mol. The van der Waals surface area contributed by atoms with Gasteiger partial charge in [0.15, 0.2) is 0 Å². The van der Waals surface area contributed by atoms with E-state index < -0.39 is 12.1 Å². The Morgan fingerprint density at radius 2 is 2.15 bits per heavy atom. The second kappa shape index (κ2) is 5.54. The van der Waals surface area contributed by atoms with Gasteiger partial charge in [0.05, 0.1) is 18.4 Å². The zero-order valence-electron chi connectivity index (χ0n) is 9.99. The SMILES string of the molecule is O=C(Nc1cnn(Cc2cccc(Cl)c2)c1)C(F)(F)F. The van der Waals surface area contributed by atoms with Gasteiger partial charge in [0.1, 0.15) is 0 Å². The summed E-state index contributed by atoms with van der Waals surface area (Å²) in [5.41, 5.74) is 0.823. The fourth-order valence-corrected chi connectivity index (χ4v) is 1.75. The van der Waals surface area contributed by atoms with E-state index in [0.29, 0.717) is 11.6 Å². The number of carbonyl (C=O) groups is 1. The molecule has 1 amide bonds.